The minimum Gasteiger partial charge on any atom is -0.424 e. The van der Waals surface area contributed by atoms with Crippen LogP contribution in [0.5, 0.6) is 11.5 Å². The van der Waals surface area contributed by atoms with Gasteiger partial charge in [0.1, 0.15) is 17.9 Å². The predicted molar refractivity (Wildman–Crippen MR) is 127 cm³/mol. The van der Waals surface area contributed by atoms with Crippen LogP contribution in [0.2, 0.25) is 0 Å². The monoisotopic (exact) mass is 482 g/mol. The van der Waals surface area contributed by atoms with Crippen LogP contribution in [0.4, 0.5) is 0 Å². The summed E-state index contributed by atoms with van der Waals surface area (Å²) in [5.74, 6) is -1.76. The fourth-order valence-corrected chi connectivity index (χ4v) is 2.48. The lowest BCUT2D eigenvalue weighted by atomic mass is 10.3. The zero-order valence-electron chi connectivity index (χ0n) is 19.7. The number of hydrogen-bond acceptors (Lipinski definition) is 6. The highest BCUT2D eigenvalue weighted by atomic mass is 16.5. The van der Waals surface area contributed by atoms with Gasteiger partial charge in [-0.05, 0) is 24.3 Å². The minimum absolute atomic E-state index is 0.193. The van der Waals surface area contributed by atoms with E-state index < -0.39 is 30.0 Å². The van der Waals surface area contributed by atoms with E-state index in [0.717, 1.165) is 10.0 Å². The summed E-state index contributed by atoms with van der Waals surface area (Å²) in [6, 6.07) is 16.7. The van der Waals surface area contributed by atoms with E-state index in [1.165, 1.54) is 27.9 Å². The molecule has 0 saturated heterocycles. The molecule has 0 radical (unpaired) electrons. The van der Waals surface area contributed by atoms with Crippen molar-refractivity contribution >= 4 is 35.7 Å². The molecule has 4 amide bonds. The molecule has 0 aliphatic carbocycles. The molecule has 2 aromatic rings. The second kappa shape index (κ2) is 13.1. The zero-order chi connectivity index (χ0) is 25.8. The lowest BCUT2D eigenvalue weighted by molar-refractivity contribution is -0.133. The van der Waals surface area contributed by atoms with Gasteiger partial charge in [-0.25, -0.2) is 10.0 Å². The average molecular weight is 482 g/mol. The predicted octanol–water partition coefficient (Wildman–Crippen LogP) is 1.27. The number of benzene rings is 2. The molecule has 0 bridgehead atoms. The van der Waals surface area contributed by atoms with Gasteiger partial charge in [-0.15, -0.1) is 0 Å². The molecule has 12 nitrogen and oxygen atoms in total. The largest absolute Gasteiger partial charge is 0.424 e. The van der Waals surface area contributed by atoms with E-state index in [4.69, 9.17) is 9.47 Å². The van der Waals surface area contributed by atoms with Gasteiger partial charge in [0, 0.05) is 27.9 Å². The lowest BCUT2D eigenvalue weighted by Gasteiger charge is -2.23. The highest BCUT2D eigenvalue weighted by Crippen LogP contribution is 2.11. The Kier molecular flexibility index (Phi) is 9.91. The van der Waals surface area contributed by atoms with Crippen LogP contribution in [0, 0.1) is 0 Å². The lowest BCUT2D eigenvalue weighted by Crippen LogP contribution is -2.49. The van der Waals surface area contributed by atoms with Crippen LogP contribution in [-0.4, -0.2) is 59.8 Å². The van der Waals surface area contributed by atoms with E-state index in [1.54, 1.807) is 60.7 Å². The molecule has 2 N–H and O–H groups in total. The van der Waals surface area contributed by atoms with E-state index in [2.05, 4.69) is 20.8 Å². The average Bonchev–Trinajstić information content (AvgIpc) is 2.78. The first-order chi connectivity index (χ1) is 16.6. The van der Waals surface area contributed by atoms with Gasteiger partial charge in [0.25, 0.3) is 0 Å². The molecule has 2 aromatic carbocycles. The van der Waals surface area contributed by atoms with E-state index in [9.17, 15) is 19.2 Å². The first-order valence-electron chi connectivity index (χ1n) is 10.3. The van der Waals surface area contributed by atoms with Crippen LogP contribution >= 0.6 is 0 Å². The molecule has 0 heterocycles. The van der Waals surface area contributed by atoms with Crippen molar-refractivity contribution in [2.75, 3.05) is 14.1 Å². The molecule has 184 valence electrons. The van der Waals surface area contributed by atoms with E-state index in [0.29, 0.717) is 11.5 Å². The van der Waals surface area contributed by atoms with Crippen molar-refractivity contribution in [2.45, 2.75) is 20.3 Å². The van der Waals surface area contributed by atoms with Gasteiger partial charge in [0.2, 0.25) is 23.6 Å². The number of rotatable bonds is 4. The van der Waals surface area contributed by atoms with Crippen LogP contribution in [0.15, 0.2) is 70.6 Å². The number of hydrogen-bond donors (Lipinski definition) is 2. The molecule has 0 aliphatic rings. The van der Waals surface area contributed by atoms with E-state index >= 15 is 0 Å². The number of amides is 4. The maximum atomic E-state index is 12.4. The Labute approximate surface area is 202 Å². The van der Waals surface area contributed by atoms with Crippen LogP contribution in [0.1, 0.15) is 20.3 Å². The third kappa shape index (κ3) is 9.74. The Morgan fingerprint density at radius 3 is 1.34 bits per heavy atom. The SMILES string of the molecule is CC(=O)/N=C(\Oc1ccccc1)N(C)NC(=O)CC(=O)NN(C)/C(=N/C(C)=O)Oc1ccccc1. The Balaban J connectivity index is 1.98. The number of nitrogens with zero attached hydrogens (tertiary/aromatic N) is 4. The zero-order valence-corrected chi connectivity index (χ0v) is 19.7. The third-order valence-electron chi connectivity index (χ3n) is 3.89. The molecule has 2 rings (SSSR count). The van der Waals surface area contributed by atoms with Crippen molar-refractivity contribution in [3.05, 3.63) is 60.7 Å². The van der Waals surface area contributed by atoms with Crippen molar-refractivity contribution in [3.8, 4) is 11.5 Å². The molecule has 0 fully saturated rings. The minimum atomic E-state index is -0.722. The first kappa shape index (κ1) is 26.5. The number of ether oxygens (including phenoxy) is 2. The number of hydrazine groups is 2. The molecular weight excluding hydrogens is 456 g/mol. The number of carbonyl (C=O) groups excluding carboxylic acids is 4. The molecular formula is C23H26N6O6. The smallest absolute Gasteiger partial charge is 0.319 e. The number of para-hydroxylation sites is 2. The first-order valence-corrected chi connectivity index (χ1v) is 10.3. The number of nitrogens with one attached hydrogen (secondary N) is 2. The van der Waals surface area contributed by atoms with Crippen molar-refractivity contribution in [1.82, 2.24) is 20.9 Å². The normalized spacial score (nSPS) is 11.2. The van der Waals surface area contributed by atoms with Crippen LogP contribution in [-0.2, 0) is 19.2 Å². The molecule has 0 atom stereocenters. The third-order valence-corrected chi connectivity index (χ3v) is 3.89. The van der Waals surface area contributed by atoms with Gasteiger partial charge in [0.05, 0.1) is 0 Å². The summed E-state index contributed by atoms with van der Waals surface area (Å²) < 4.78 is 11.1. The summed E-state index contributed by atoms with van der Waals surface area (Å²) in [6.45, 7) is 2.45. The number of aliphatic imine (C=N–C) groups is 2. The molecule has 12 heteroatoms. The van der Waals surface area contributed by atoms with Gasteiger partial charge in [-0.2, -0.15) is 9.98 Å². The number of amidine groups is 2. The molecule has 0 unspecified atom stereocenters. The number of carbonyl (C=O) groups is 4. The van der Waals surface area contributed by atoms with Crippen LogP contribution < -0.4 is 20.3 Å². The Bertz CT molecular complexity index is 1020. The Morgan fingerprint density at radius 1 is 0.686 bits per heavy atom. The van der Waals surface area contributed by atoms with Gasteiger partial charge in [-0.3, -0.25) is 30.0 Å². The highest BCUT2D eigenvalue weighted by molar-refractivity contribution is 5.99. The van der Waals surface area contributed by atoms with Gasteiger partial charge < -0.3 is 9.47 Å². The van der Waals surface area contributed by atoms with Gasteiger partial charge in [-0.1, -0.05) is 36.4 Å². The summed E-state index contributed by atoms with van der Waals surface area (Å²) in [6.07, 6.45) is -0.605. The standard InChI is InChI=1S/C23H26N6O6/c1-16(30)24-22(34-18-11-7-5-8-12-18)28(3)26-20(32)15-21(33)27-29(4)23(25-17(2)31)35-19-13-9-6-10-14-19/h5-14H,15H2,1-4H3,(H,26,32)(H,27,33)/b24-22-,25-23-. The van der Waals surface area contributed by atoms with Crippen LogP contribution in [0.3, 0.4) is 0 Å². The Hall–Kier alpha value is -4.74. The summed E-state index contributed by atoms with van der Waals surface area (Å²) in [4.78, 5) is 55.2. The van der Waals surface area contributed by atoms with Crippen molar-refractivity contribution in [2.24, 2.45) is 9.98 Å². The fourth-order valence-electron chi connectivity index (χ4n) is 2.48. The van der Waals surface area contributed by atoms with E-state index in [-0.39, 0.29) is 12.0 Å². The summed E-state index contributed by atoms with van der Waals surface area (Å²) in [5, 5.41) is 2.16. The molecule has 0 saturated carbocycles. The Morgan fingerprint density at radius 2 is 1.03 bits per heavy atom. The summed E-state index contributed by atoms with van der Waals surface area (Å²) >= 11 is 0. The molecule has 0 aromatic heterocycles. The topological polar surface area (TPSA) is 142 Å². The summed E-state index contributed by atoms with van der Waals surface area (Å²) in [7, 11) is 2.80. The quantitative estimate of drug-likeness (QED) is 0.287. The van der Waals surface area contributed by atoms with Crippen molar-refractivity contribution < 1.29 is 28.7 Å². The molecule has 35 heavy (non-hydrogen) atoms. The second-order valence-electron chi connectivity index (χ2n) is 7.02. The molecule has 0 spiro atoms. The second-order valence-corrected chi connectivity index (χ2v) is 7.02. The maximum absolute atomic E-state index is 12.4. The van der Waals surface area contributed by atoms with Gasteiger partial charge >= 0.3 is 12.0 Å². The fraction of sp³-hybridized carbons (Fsp3) is 0.217. The van der Waals surface area contributed by atoms with Gasteiger partial charge in [0.15, 0.2) is 0 Å². The van der Waals surface area contributed by atoms with Crippen molar-refractivity contribution in [1.29, 1.82) is 0 Å². The maximum Gasteiger partial charge on any atom is 0.319 e. The molecule has 0 aliphatic heterocycles. The van der Waals surface area contributed by atoms with Crippen LogP contribution in [0.25, 0.3) is 0 Å². The summed E-state index contributed by atoms with van der Waals surface area (Å²) in [5.41, 5.74) is 4.80. The van der Waals surface area contributed by atoms with E-state index in [1.807, 2.05) is 0 Å². The van der Waals surface area contributed by atoms with Crippen molar-refractivity contribution in [3.63, 3.8) is 0 Å². The highest BCUT2D eigenvalue weighted by Gasteiger charge is 2.19.